The lowest BCUT2D eigenvalue weighted by Gasteiger charge is -2.16. The molecular weight excluding hydrogens is 353 g/mol. The lowest BCUT2D eigenvalue weighted by molar-refractivity contribution is 0.0277. The maximum Gasteiger partial charge on any atom is 0.348 e. The fourth-order valence-electron chi connectivity index (χ4n) is 2.29. The van der Waals surface area contributed by atoms with Gasteiger partial charge in [-0.05, 0) is 24.5 Å². The summed E-state index contributed by atoms with van der Waals surface area (Å²) in [5, 5.41) is 0.709. The second-order valence-electron chi connectivity index (χ2n) is 5.06. The van der Waals surface area contributed by atoms with Gasteiger partial charge in [-0.15, -0.1) is 11.8 Å². The molecule has 0 unspecified atom stereocenters. The highest BCUT2D eigenvalue weighted by molar-refractivity contribution is 7.98. The number of primary amides is 1. The molecule has 25 heavy (non-hydrogen) atoms. The Balaban J connectivity index is 2.27. The van der Waals surface area contributed by atoms with Crippen molar-refractivity contribution in [3.8, 4) is 0 Å². The molecule has 0 aliphatic rings. The molecule has 9 heteroatoms. The third-order valence-corrected chi connectivity index (χ3v) is 4.18. The molecule has 0 spiro atoms. The monoisotopic (exact) mass is 364 g/mol. The molecule has 3 rings (SSSR count). The normalized spacial score (nSPS) is 11.7. The standard InChI is InChI=1S/C16H11F3N4OS/c1-25-14-10-4-2-3-9(13(20)24)12(10)22-15(23-14)16(18,19)11-6-5-8(17)7-21-11/h2-7H,1H3,(H2,20,24). The third-order valence-electron chi connectivity index (χ3n) is 3.48. The molecule has 2 aromatic heterocycles. The highest BCUT2D eigenvalue weighted by atomic mass is 32.2. The van der Waals surface area contributed by atoms with Gasteiger partial charge in [0.2, 0.25) is 5.82 Å². The summed E-state index contributed by atoms with van der Waals surface area (Å²) in [5.41, 5.74) is 4.66. The van der Waals surface area contributed by atoms with Gasteiger partial charge in [0.1, 0.15) is 16.5 Å². The van der Waals surface area contributed by atoms with E-state index in [-0.39, 0.29) is 16.1 Å². The number of amides is 1. The van der Waals surface area contributed by atoms with Crippen molar-refractivity contribution in [1.29, 1.82) is 0 Å². The molecule has 1 amide bonds. The summed E-state index contributed by atoms with van der Waals surface area (Å²) in [4.78, 5) is 22.8. The Labute approximate surface area is 144 Å². The van der Waals surface area contributed by atoms with Crippen molar-refractivity contribution in [3.05, 3.63) is 59.4 Å². The van der Waals surface area contributed by atoms with E-state index in [1.165, 1.54) is 6.07 Å². The predicted molar refractivity (Wildman–Crippen MR) is 87.0 cm³/mol. The Hall–Kier alpha value is -2.68. The summed E-state index contributed by atoms with van der Waals surface area (Å²) < 4.78 is 42.5. The highest BCUT2D eigenvalue weighted by Crippen LogP contribution is 2.35. The maximum absolute atomic E-state index is 14.8. The van der Waals surface area contributed by atoms with Gasteiger partial charge in [-0.25, -0.2) is 14.4 Å². The summed E-state index contributed by atoms with van der Waals surface area (Å²) in [7, 11) is 0. The van der Waals surface area contributed by atoms with Crippen molar-refractivity contribution in [1.82, 2.24) is 15.0 Å². The molecule has 0 bridgehead atoms. The van der Waals surface area contributed by atoms with Gasteiger partial charge in [0.25, 0.3) is 5.91 Å². The first-order chi connectivity index (χ1) is 11.8. The molecule has 2 N–H and O–H groups in total. The molecule has 5 nitrogen and oxygen atoms in total. The van der Waals surface area contributed by atoms with Crippen molar-refractivity contribution in [3.63, 3.8) is 0 Å². The van der Waals surface area contributed by atoms with E-state index in [1.54, 1.807) is 18.4 Å². The van der Waals surface area contributed by atoms with Crippen LogP contribution in [0.15, 0.2) is 41.6 Å². The number of thioether (sulfide) groups is 1. The van der Waals surface area contributed by atoms with Gasteiger partial charge in [0.15, 0.2) is 0 Å². The van der Waals surface area contributed by atoms with Crippen molar-refractivity contribution in [2.45, 2.75) is 10.9 Å². The van der Waals surface area contributed by atoms with Crippen LogP contribution in [0.4, 0.5) is 13.2 Å². The van der Waals surface area contributed by atoms with Crippen LogP contribution in [0.3, 0.4) is 0 Å². The molecule has 0 atom stereocenters. The lowest BCUT2D eigenvalue weighted by atomic mass is 10.1. The van der Waals surface area contributed by atoms with Crippen LogP contribution < -0.4 is 5.73 Å². The number of hydrogen-bond donors (Lipinski definition) is 1. The van der Waals surface area contributed by atoms with E-state index in [2.05, 4.69) is 15.0 Å². The average molecular weight is 364 g/mol. The summed E-state index contributed by atoms with van der Waals surface area (Å²) in [5.74, 6) is -6.03. The molecule has 2 heterocycles. The van der Waals surface area contributed by atoms with E-state index in [4.69, 9.17) is 5.73 Å². The molecule has 0 saturated carbocycles. The van der Waals surface area contributed by atoms with Gasteiger partial charge in [0.05, 0.1) is 17.3 Å². The SMILES string of the molecule is CSc1nc(C(F)(F)c2ccc(F)cn2)nc2c(C(N)=O)cccc12. The van der Waals surface area contributed by atoms with E-state index in [9.17, 15) is 18.0 Å². The summed E-state index contributed by atoms with van der Waals surface area (Å²) in [6, 6.07) is 6.33. The van der Waals surface area contributed by atoms with Gasteiger partial charge in [-0.3, -0.25) is 9.78 Å². The first kappa shape index (κ1) is 17.2. The molecule has 0 radical (unpaired) electrons. The minimum Gasteiger partial charge on any atom is -0.366 e. The van der Waals surface area contributed by atoms with E-state index >= 15 is 0 Å². The average Bonchev–Trinajstić information content (AvgIpc) is 2.60. The van der Waals surface area contributed by atoms with Gasteiger partial charge in [0, 0.05) is 5.39 Å². The minimum absolute atomic E-state index is 0.0133. The molecule has 0 aliphatic heterocycles. The van der Waals surface area contributed by atoms with E-state index in [1.807, 2.05) is 0 Å². The number of halogens is 3. The van der Waals surface area contributed by atoms with Crippen molar-refractivity contribution >= 4 is 28.6 Å². The fourth-order valence-corrected chi connectivity index (χ4v) is 2.86. The van der Waals surface area contributed by atoms with Crippen molar-refractivity contribution in [2.24, 2.45) is 5.73 Å². The first-order valence-corrected chi connectivity index (χ1v) is 8.22. The zero-order valence-electron chi connectivity index (χ0n) is 12.8. The molecule has 1 aromatic carbocycles. The number of rotatable bonds is 4. The Morgan fingerprint density at radius 1 is 1.20 bits per heavy atom. The van der Waals surface area contributed by atoms with Gasteiger partial charge < -0.3 is 5.73 Å². The van der Waals surface area contributed by atoms with E-state index in [0.717, 1.165) is 23.9 Å². The number of aromatic nitrogens is 3. The van der Waals surface area contributed by atoms with Crippen LogP contribution in [0.1, 0.15) is 21.9 Å². The summed E-state index contributed by atoms with van der Waals surface area (Å²) >= 11 is 1.13. The Morgan fingerprint density at radius 2 is 1.96 bits per heavy atom. The molecule has 128 valence electrons. The lowest BCUT2D eigenvalue weighted by Crippen LogP contribution is -2.22. The number of hydrogen-bond acceptors (Lipinski definition) is 5. The Kier molecular flexibility index (Phi) is 4.34. The van der Waals surface area contributed by atoms with Crippen LogP contribution in [-0.4, -0.2) is 27.1 Å². The number of nitrogens with two attached hydrogens (primary N) is 1. The van der Waals surface area contributed by atoms with Gasteiger partial charge >= 0.3 is 5.92 Å². The molecule has 0 fully saturated rings. The van der Waals surface area contributed by atoms with Gasteiger partial charge in [-0.1, -0.05) is 12.1 Å². The fraction of sp³-hybridized carbons (Fsp3) is 0.125. The van der Waals surface area contributed by atoms with E-state index in [0.29, 0.717) is 11.6 Å². The van der Waals surface area contributed by atoms with Crippen LogP contribution >= 0.6 is 11.8 Å². The third kappa shape index (κ3) is 3.02. The molecule has 0 saturated heterocycles. The largest absolute Gasteiger partial charge is 0.366 e. The second kappa shape index (κ2) is 6.32. The van der Waals surface area contributed by atoms with Crippen LogP contribution in [0, 0.1) is 5.82 Å². The highest BCUT2D eigenvalue weighted by Gasteiger charge is 2.40. The summed E-state index contributed by atoms with van der Waals surface area (Å²) in [6.07, 6.45) is 2.35. The first-order valence-electron chi connectivity index (χ1n) is 6.99. The zero-order chi connectivity index (χ0) is 18.2. The van der Waals surface area contributed by atoms with Crippen LogP contribution in [0.2, 0.25) is 0 Å². The topological polar surface area (TPSA) is 81.8 Å². The Bertz CT molecular complexity index is 964. The number of carbonyl (C=O) groups excluding carboxylic acids is 1. The van der Waals surface area contributed by atoms with Gasteiger partial charge in [-0.2, -0.15) is 8.78 Å². The van der Waals surface area contributed by atoms with Crippen molar-refractivity contribution in [2.75, 3.05) is 6.26 Å². The smallest absolute Gasteiger partial charge is 0.348 e. The molecule has 3 aromatic rings. The maximum atomic E-state index is 14.8. The molecule has 0 aliphatic carbocycles. The quantitative estimate of drug-likeness (QED) is 0.568. The number of nitrogens with zero attached hydrogens (tertiary/aromatic N) is 3. The number of pyridine rings is 1. The van der Waals surface area contributed by atoms with Crippen LogP contribution in [-0.2, 0) is 5.92 Å². The molecular formula is C16H11F3N4OS. The number of alkyl halides is 2. The number of para-hydroxylation sites is 1. The van der Waals surface area contributed by atoms with Crippen LogP contribution in [0.25, 0.3) is 10.9 Å². The number of fused-ring (bicyclic) bond motifs is 1. The second-order valence-corrected chi connectivity index (χ2v) is 5.85. The minimum atomic E-state index is -3.67. The zero-order valence-corrected chi connectivity index (χ0v) is 13.6. The number of carbonyl (C=O) groups is 1. The van der Waals surface area contributed by atoms with E-state index < -0.39 is 29.2 Å². The van der Waals surface area contributed by atoms with Crippen LogP contribution in [0.5, 0.6) is 0 Å². The summed E-state index contributed by atoms with van der Waals surface area (Å²) in [6.45, 7) is 0. The van der Waals surface area contributed by atoms with Crippen molar-refractivity contribution < 1.29 is 18.0 Å². The predicted octanol–water partition coefficient (Wildman–Crippen LogP) is 3.12. The number of benzene rings is 1. The Morgan fingerprint density at radius 3 is 2.56 bits per heavy atom.